The fourth-order valence-corrected chi connectivity index (χ4v) is 1.63. The molecule has 3 N–H and O–H groups in total. The second-order valence-corrected chi connectivity index (χ2v) is 4.33. The minimum Gasteiger partial charge on any atom is -0.372 e. The predicted molar refractivity (Wildman–Crippen MR) is 86.1 cm³/mol. The summed E-state index contributed by atoms with van der Waals surface area (Å²) < 4.78 is 1.16. The Hall–Kier alpha value is -2.88. The van der Waals surface area contributed by atoms with Gasteiger partial charge in [-0.2, -0.15) is 5.10 Å². The maximum Gasteiger partial charge on any atom is 0.293 e. The molecule has 11 heteroatoms. The van der Waals surface area contributed by atoms with Gasteiger partial charge in [0, 0.05) is 25.7 Å². The molecular weight excluding hydrogens is 312 g/mol. The van der Waals surface area contributed by atoms with Crippen molar-refractivity contribution in [1.82, 2.24) is 14.9 Å². The molecule has 118 valence electrons. The summed E-state index contributed by atoms with van der Waals surface area (Å²) in [5.74, 6) is 5.75. The molecule has 0 bridgehead atoms. The van der Waals surface area contributed by atoms with Crippen LogP contribution in [0.25, 0.3) is 0 Å². The summed E-state index contributed by atoms with van der Waals surface area (Å²) in [6.07, 6.45) is 2.75. The molecule has 0 saturated heterocycles. The Morgan fingerprint density at radius 1 is 1.50 bits per heavy atom. The molecule has 1 heterocycles. The summed E-state index contributed by atoms with van der Waals surface area (Å²) in [4.78, 5) is 12.3. The number of hydrogen-bond donors (Lipinski definition) is 2. The van der Waals surface area contributed by atoms with Crippen LogP contribution < -0.4 is 16.2 Å². The number of nitrogens with zero attached hydrogens (tertiary/aromatic N) is 6. The van der Waals surface area contributed by atoms with E-state index in [0.29, 0.717) is 11.3 Å². The van der Waals surface area contributed by atoms with E-state index in [0.717, 1.165) is 4.68 Å². The van der Waals surface area contributed by atoms with E-state index < -0.39 is 4.92 Å². The second-order valence-electron chi connectivity index (χ2n) is 4.33. The number of aromatic nitrogens is 3. The van der Waals surface area contributed by atoms with E-state index in [1.54, 1.807) is 31.1 Å². The standard InChI is InChI=1S/C11H14N8O2.ClH/c1-17(2)9-4-3-8(5-10(9)19(20)21)6-13-15-11-16-14-7-18(11)12;/h3-7H,12H2,1-2H3,(H,15,16);1H/b13-6+;. The fourth-order valence-electron chi connectivity index (χ4n) is 1.63. The maximum absolute atomic E-state index is 11.1. The number of nitro benzene ring substituents is 1. The zero-order valence-corrected chi connectivity index (χ0v) is 12.7. The summed E-state index contributed by atoms with van der Waals surface area (Å²) in [7, 11) is 3.48. The molecule has 0 aliphatic heterocycles. The Morgan fingerprint density at radius 2 is 2.23 bits per heavy atom. The zero-order chi connectivity index (χ0) is 15.4. The van der Waals surface area contributed by atoms with Gasteiger partial charge in [-0.25, -0.2) is 10.1 Å². The number of nitrogens with one attached hydrogen (secondary N) is 1. The highest BCUT2D eigenvalue weighted by Gasteiger charge is 2.15. The summed E-state index contributed by atoms with van der Waals surface area (Å²) in [6, 6.07) is 4.82. The van der Waals surface area contributed by atoms with E-state index in [9.17, 15) is 10.1 Å². The van der Waals surface area contributed by atoms with Crippen LogP contribution in [0.15, 0.2) is 29.6 Å². The van der Waals surface area contributed by atoms with Crippen molar-refractivity contribution in [1.29, 1.82) is 0 Å². The Balaban J connectivity index is 0.00000242. The number of halogens is 1. The quantitative estimate of drug-likeness (QED) is 0.360. The smallest absolute Gasteiger partial charge is 0.293 e. The van der Waals surface area contributed by atoms with Crippen molar-refractivity contribution in [2.75, 3.05) is 30.3 Å². The van der Waals surface area contributed by atoms with Crippen LogP contribution in [0.5, 0.6) is 0 Å². The van der Waals surface area contributed by atoms with Crippen LogP contribution in [0, 0.1) is 10.1 Å². The van der Waals surface area contributed by atoms with E-state index in [1.165, 1.54) is 18.6 Å². The first kappa shape index (κ1) is 17.2. The van der Waals surface area contributed by atoms with Gasteiger partial charge in [0.05, 0.1) is 11.1 Å². The zero-order valence-electron chi connectivity index (χ0n) is 11.9. The summed E-state index contributed by atoms with van der Waals surface area (Å²) >= 11 is 0. The molecule has 2 rings (SSSR count). The minimum atomic E-state index is -0.434. The third kappa shape index (κ3) is 3.82. The van der Waals surface area contributed by atoms with E-state index in [-0.39, 0.29) is 24.0 Å². The molecule has 0 atom stereocenters. The third-order valence-corrected chi connectivity index (χ3v) is 2.63. The molecule has 0 aliphatic rings. The van der Waals surface area contributed by atoms with Crippen LogP contribution >= 0.6 is 12.4 Å². The first-order valence-electron chi connectivity index (χ1n) is 5.89. The lowest BCUT2D eigenvalue weighted by molar-refractivity contribution is -0.384. The molecule has 1 aromatic heterocycles. The van der Waals surface area contributed by atoms with E-state index >= 15 is 0 Å². The Bertz CT molecular complexity index is 684. The maximum atomic E-state index is 11.1. The Labute approximate surface area is 132 Å². The van der Waals surface area contributed by atoms with Crippen molar-refractivity contribution < 1.29 is 4.92 Å². The molecular formula is C11H15ClN8O2. The number of anilines is 2. The lowest BCUT2D eigenvalue weighted by Gasteiger charge is -2.12. The molecule has 22 heavy (non-hydrogen) atoms. The molecule has 2 aromatic rings. The third-order valence-electron chi connectivity index (χ3n) is 2.63. The highest BCUT2D eigenvalue weighted by molar-refractivity contribution is 5.85. The summed E-state index contributed by atoms with van der Waals surface area (Å²) in [5.41, 5.74) is 3.68. The number of nitrogen functional groups attached to an aromatic ring is 1. The number of hydrogen-bond acceptors (Lipinski definition) is 8. The SMILES string of the molecule is CN(C)c1ccc(/C=N/Nc2nncn2N)cc1[N+](=O)[O-].Cl. The topological polar surface area (TPSA) is 128 Å². The molecule has 0 unspecified atom stereocenters. The number of nitro groups is 1. The Morgan fingerprint density at radius 3 is 2.77 bits per heavy atom. The van der Waals surface area contributed by atoms with Gasteiger partial charge in [0.1, 0.15) is 12.0 Å². The van der Waals surface area contributed by atoms with Crippen LogP contribution in [0.1, 0.15) is 5.56 Å². The molecule has 0 radical (unpaired) electrons. The molecule has 0 spiro atoms. The van der Waals surface area contributed by atoms with Crippen molar-refractivity contribution in [3.63, 3.8) is 0 Å². The van der Waals surface area contributed by atoms with E-state index in [2.05, 4.69) is 20.7 Å². The van der Waals surface area contributed by atoms with Gasteiger partial charge < -0.3 is 10.7 Å². The normalized spacial score (nSPS) is 10.3. The van der Waals surface area contributed by atoms with Crippen molar-refractivity contribution in [3.05, 3.63) is 40.2 Å². The molecule has 1 aromatic carbocycles. The van der Waals surface area contributed by atoms with Crippen LogP contribution in [0.2, 0.25) is 0 Å². The monoisotopic (exact) mass is 326 g/mol. The van der Waals surface area contributed by atoms with Gasteiger partial charge in [-0.15, -0.1) is 22.6 Å². The van der Waals surface area contributed by atoms with Crippen LogP contribution in [0.3, 0.4) is 0 Å². The molecule has 10 nitrogen and oxygen atoms in total. The first-order chi connectivity index (χ1) is 9.99. The van der Waals surface area contributed by atoms with Gasteiger partial charge in [-0.3, -0.25) is 10.1 Å². The molecule has 0 aliphatic carbocycles. The fraction of sp³-hybridized carbons (Fsp3) is 0.182. The van der Waals surface area contributed by atoms with Crippen LogP contribution in [-0.2, 0) is 0 Å². The first-order valence-corrected chi connectivity index (χ1v) is 5.89. The lowest BCUT2D eigenvalue weighted by atomic mass is 10.2. The lowest BCUT2D eigenvalue weighted by Crippen LogP contribution is -2.11. The van der Waals surface area contributed by atoms with Crippen molar-refractivity contribution in [2.45, 2.75) is 0 Å². The molecule has 0 saturated carbocycles. The van der Waals surface area contributed by atoms with Gasteiger partial charge in [-0.1, -0.05) is 6.07 Å². The summed E-state index contributed by atoms with van der Waals surface area (Å²) in [5, 5.41) is 22.2. The van der Waals surface area contributed by atoms with Gasteiger partial charge in [0.2, 0.25) is 0 Å². The summed E-state index contributed by atoms with van der Waals surface area (Å²) in [6.45, 7) is 0. The Kier molecular flexibility index (Phi) is 5.64. The second kappa shape index (κ2) is 7.22. The van der Waals surface area contributed by atoms with Gasteiger partial charge in [0.25, 0.3) is 11.6 Å². The number of hydrazone groups is 1. The number of benzene rings is 1. The van der Waals surface area contributed by atoms with Crippen LogP contribution in [0.4, 0.5) is 17.3 Å². The average molecular weight is 327 g/mol. The van der Waals surface area contributed by atoms with E-state index in [4.69, 9.17) is 5.84 Å². The number of nitrogens with two attached hydrogens (primary N) is 1. The van der Waals surface area contributed by atoms with E-state index in [1.807, 2.05) is 0 Å². The largest absolute Gasteiger partial charge is 0.372 e. The minimum absolute atomic E-state index is 0. The van der Waals surface area contributed by atoms with Gasteiger partial charge in [0.15, 0.2) is 0 Å². The van der Waals surface area contributed by atoms with Crippen molar-refractivity contribution >= 4 is 35.9 Å². The molecule has 0 fully saturated rings. The van der Waals surface area contributed by atoms with Crippen molar-refractivity contribution in [3.8, 4) is 0 Å². The van der Waals surface area contributed by atoms with Crippen LogP contribution in [-0.4, -0.2) is 40.1 Å². The van der Waals surface area contributed by atoms with Gasteiger partial charge in [-0.05, 0) is 6.07 Å². The average Bonchev–Trinajstić information content (AvgIpc) is 2.84. The highest BCUT2D eigenvalue weighted by Crippen LogP contribution is 2.27. The molecule has 0 amide bonds. The predicted octanol–water partition coefficient (Wildman–Crippen LogP) is 0.834. The highest BCUT2D eigenvalue weighted by atomic mass is 35.5. The number of rotatable bonds is 5. The van der Waals surface area contributed by atoms with Gasteiger partial charge >= 0.3 is 0 Å². The van der Waals surface area contributed by atoms with Crippen molar-refractivity contribution in [2.24, 2.45) is 5.10 Å².